The molecule has 0 atom stereocenters. The Balaban J connectivity index is 2.54. The summed E-state index contributed by atoms with van der Waals surface area (Å²) in [5.74, 6) is 0. The molecule has 0 fully saturated rings. The van der Waals surface area contributed by atoms with Gasteiger partial charge in [0.1, 0.15) is 14.1 Å². The van der Waals surface area contributed by atoms with Gasteiger partial charge < -0.3 is 5.40 Å². The minimum absolute atomic E-state index is 0.255. The van der Waals surface area contributed by atoms with Crippen LogP contribution in [0.4, 0.5) is 0 Å². The van der Waals surface area contributed by atoms with Crippen molar-refractivity contribution < 1.29 is 0 Å². The molecule has 2 N–H and O–H groups in total. The molecule has 0 aliphatic rings. The molecular weight excluding hydrogens is 125 g/mol. The Labute approximate surface area is 43.3 Å². The molecule has 0 radical (unpaired) electrons. The Morgan fingerprint density at radius 3 is 1.80 bits per heavy atom. The number of alkyl halides is 2. The molecule has 0 aliphatic carbocycles. The number of hydrogen-bond donors (Lipinski definition) is 1. The molecule has 0 amide bonds. The summed E-state index contributed by atoms with van der Waals surface area (Å²) in [6.45, 7) is 0. The molecule has 0 saturated carbocycles. The zero-order chi connectivity index (χ0) is 4.28. The number of rotatable bonds is 1. The molecular formula is CH5Cl2NSi. The fourth-order valence-corrected chi connectivity index (χ4v) is 0. The molecule has 0 aromatic carbocycles. The van der Waals surface area contributed by atoms with Gasteiger partial charge in [-0.25, -0.2) is 0 Å². The van der Waals surface area contributed by atoms with E-state index in [0.717, 1.165) is 0 Å². The van der Waals surface area contributed by atoms with E-state index in [2.05, 4.69) is 0 Å². The monoisotopic (exact) mass is 129 g/mol. The number of halogens is 2. The molecule has 0 aromatic heterocycles. The summed E-state index contributed by atoms with van der Waals surface area (Å²) in [7, 11) is -0.620. The lowest BCUT2D eigenvalue weighted by Gasteiger charge is -1.83. The first-order chi connectivity index (χ1) is 2.27. The minimum atomic E-state index is -0.620. The first kappa shape index (κ1) is 5.76. The second-order valence-electron chi connectivity index (χ2n) is 0.627. The molecule has 0 heterocycles. The Kier molecular flexibility index (Phi) is 3.42. The molecule has 0 saturated heterocycles. The molecule has 32 valence electrons. The van der Waals surface area contributed by atoms with Crippen LogP contribution in [0.5, 0.6) is 0 Å². The second kappa shape index (κ2) is 2.97. The van der Waals surface area contributed by atoms with E-state index in [4.69, 9.17) is 28.6 Å². The van der Waals surface area contributed by atoms with Crippen molar-refractivity contribution in [1.82, 2.24) is 0 Å². The van der Waals surface area contributed by atoms with Crippen molar-refractivity contribution in [3.63, 3.8) is 0 Å². The predicted octanol–water partition coefficient (Wildman–Crippen LogP) is -0.210. The highest BCUT2D eigenvalue weighted by Gasteiger charge is 1.88. The van der Waals surface area contributed by atoms with Gasteiger partial charge in [0.15, 0.2) is 0 Å². The maximum Gasteiger partial charge on any atom is 0.127 e. The summed E-state index contributed by atoms with van der Waals surface area (Å²) in [6.07, 6.45) is 0. The van der Waals surface area contributed by atoms with Crippen molar-refractivity contribution >= 4 is 32.9 Å². The third-order valence-corrected chi connectivity index (χ3v) is 1.60. The Morgan fingerprint density at radius 2 is 1.80 bits per heavy atom. The molecule has 5 heavy (non-hydrogen) atoms. The van der Waals surface area contributed by atoms with Crippen LogP contribution in [-0.2, 0) is 0 Å². The van der Waals surface area contributed by atoms with Gasteiger partial charge in [0.2, 0.25) is 0 Å². The van der Waals surface area contributed by atoms with E-state index in [-0.39, 0.29) is 4.46 Å². The minimum Gasteiger partial charge on any atom is -0.354 e. The average Bonchev–Trinajstić information content (AvgIpc) is 1.38. The van der Waals surface area contributed by atoms with Crippen molar-refractivity contribution in [2.24, 2.45) is 5.40 Å². The summed E-state index contributed by atoms with van der Waals surface area (Å²) in [5.41, 5.74) is 0. The van der Waals surface area contributed by atoms with Gasteiger partial charge in [-0.3, -0.25) is 0 Å². The highest BCUT2D eigenvalue weighted by atomic mass is 35.5. The predicted molar refractivity (Wildman–Crippen MR) is 28.2 cm³/mol. The van der Waals surface area contributed by atoms with Crippen LogP contribution in [0.25, 0.3) is 0 Å². The summed E-state index contributed by atoms with van der Waals surface area (Å²) in [4.78, 5) is 0. The lowest BCUT2D eigenvalue weighted by molar-refractivity contribution is 1.75. The van der Waals surface area contributed by atoms with Gasteiger partial charge >= 0.3 is 0 Å². The van der Waals surface area contributed by atoms with E-state index < -0.39 is 9.68 Å². The Bertz CT molecular complexity index is 23.6. The van der Waals surface area contributed by atoms with Crippen LogP contribution in [0.2, 0.25) is 0 Å². The zero-order valence-corrected chi connectivity index (χ0v) is 5.54. The van der Waals surface area contributed by atoms with Gasteiger partial charge in [-0.2, -0.15) is 0 Å². The van der Waals surface area contributed by atoms with Gasteiger partial charge in [-0.1, -0.05) is 0 Å². The van der Waals surface area contributed by atoms with Crippen LogP contribution >= 0.6 is 23.2 Å². The van der Waals surface area contributed by atoms with Crippen LogP contribution < -0.4 is 5.40 Å². The van der Waals surface area contributed by atoms with Crippen molar-refractivity contribution in [3.05, 3.63) is 0 Å². The lowest BCUT2D eigenvalue weighted by Crippen LogP contribution is -2.12. The van der Waals surface area contributed by atoms with E-state index in [1.54, 1.807) is 0 Å². The van der Waals surface area contributed by atoms with Gasteiger partial charge in [0.25, 0.3) is 0 Å². The molecule has 0 bridgehead atoms. The summed E-state index contributed by atoms with van der Waals surface area (Å²) in [5, 5.41) is 5.05. The smallest absolute Gasteiger partial charge is 0.127 e. The molecule has 0 rings (SSSR count). The summed E-state index contributed by atoms with van der Waals surface area (Å²) >= 11 is 10.3. The fraction of sp³-hybridized carbons (Fsp3) is 1.00. The highest BCUT2D eigenvalue weighted by Crippen LogP contribution is 1.93. The van der Waals surface area contributed by atoms with Crippen molar-refractivity contribution in [1.29, 1.82) is 0 Å². The molecule has 0 spiro atoms. The lowest BCUT2D eigenvalue weighted by atomic mass is 11.9. The average molecular weight is 130 g/mol. The molecule has 0 unspecified atom stereocenters. The van der Waals surface area contributed by atoms with Crippen LogP contribution in [0, 0.1) is 0 Å². The third kappa shape index (κ3) is 4.76. The molecule has 4 heteroatoms. The van der Waals surface area contributed by atoms with Crippen LogP contribution in [0.15, 0.2) is 0 Å². The third-order valence-electron chi connectivity index (χ3n) is 0.178. The van der Waals surface area contributed by atoms with Crippen molar-refractivity contribution in [2.45, 2.75) is 4.46 Å². The van der Waals surface area contributed by atoms with Gasteiger partial charge in [0.05, 0.1) is 0 Å². The van der Waals surface area contributed by atoms with Crippen LogP contribution in [-0.4, -0.2) is 14.1 Å². The standard InChI is InChI=1S/CH5Cl2NSi/c2-1(3)5-4/h1H,4-5H2. The SMILES string of the molecule is N[SiH2]C(Cl)Cl. The van der Waals surface area contributed by atoms with E-state index in [1.165, 1.54) is 0 Å². The van der Waals surface area contributed by atoms with E-state index in [9.17, 15) is 0 Å². The quantitative estimate of drug-likeness (QED) is 0.385. The van der Waals surface area contributed by atoms with Gasteiger partial charge in [0, 0.05) is 0 Å². The first-order valence-electron chi connectivity index (χ1n) is 1.25. The number of hydrogen-bond acceptors (Lipinski definition) is 1. The number of nitrogens with two attached hydrogens (primary N) is 1. The fourth-order valence-electron chi connectivity index (χ4n) is 0. The van der Waals surface area contributed by atoms with Crippen LogP contribution in [0.1, 0.15) is 0 Å². The van der Waals surface area contributed by atoms with E-state index in [0.29, 0.717) is 0 Å². The van der Waals surface area contributed by atoms with E-state index in [1.807, 2.05) is 0 Å². The van der Waals surface area contributed by atoms with Gasteiger partial charge in [-0.05, 0) is 0 Å². The second-order valence-corrected chi connectivity index (χ2v) is 4.23. The Hall–Kier alpha value is 0.757. The summed E-state index contributed by atoms with van der Waals surface area (Å²) in [6, 6.07) is 0. The molecule has 0 aromatic rings. The highest BCUT2D eigenvalue weighted by molar-refractivity contribution is 6.67. The maximum absolute atomic E-state index is 5.16. The zero-order valence-electron chi connectivity index (χ0n) is 2.62. The van der Waals surface area contributed by atoms with Crippen molar-refractivity contribution in [3.8, 4) is 0 Å². The first-order valence-corrected chi connectivity index (χ1v) is 3.76. The largest absolute Gasteiger partial charge is 0.354 e. The van der Waals surface area contributed by atoms with Crippen molar-refractivity contribution in [2.75, 3.05) is 0 Å². The molecule has 1 nitrogen and oxygen atoms in total. The van der Waals surface area contributed by atoms with E-state index >= 15 is 0 Å². The topological polar surface area (TPSA) is 26.0 Å². The van der Waals surface area contributed by atoms with Crippen LogP contribution in [0.3, 0.4) is 0 Å². The summed E-state index contributed by atoms with van der Waals surface area (Å²) < 4.78 is -0.255. The normalized spacial score (nSPS) is 12.0. The Morgan fingerprint density at radius 1 is 1.60 bits per heavy atom. The molecule has 0 aliphatic heterocycles. The van der Waals surface area contributed by atoms with Gasteiger partial charge in [-0.15, -0.1) is 23.2 Å². The maximum atomic E-state index is 5.16.